The molecule has 2 heterocycles. The molecule has 0 atom stereocenters. The van der Waals surface area contributed by atoms with E-state index in [4.69, 9.17) is 9.84 Å². The molecule has 3 aromatic rings. The normalized spacial score (nSPS) is 10.8. The van der Waals surface area contributed by atoms with Gasteiger partial charge >= 0.3 is 5.97 Å². The Bertz CT molecular complexity index is 960. The molecule has 6 nitrogen and oxygen atoms in total. The highest BCUT2D eigenvalue weighted by Gasteiger charge is 2.14. The summed E-state index contributed by atoms with van der Waals surface area (Å²) in [5.74, 6) is 0.909. The van der Waals surface area contributed by atoms with E-state index in [9.17, 15) is 4.79 Å². The van der Waals surface area contributed by atoms with Gasteiger partial charge in [-0.2, -0.15) is 0 Å². The number of benzene rings is 1. The maximum Gasteiger partial charge on any atom is 0.323 e. The van der Waals surface area contributed by atoms with E-state index in [1.165, 1.54) is 24.8 Å². The molecule has 0 radical (unpaired) electrons. The number of aromatic nitrogens is 2. The van der Waals surface area contributed by atoms with Crippen LogP contribution in [0.1, 0.15) is 38.2 Å². The fraction of sp³-hybridized carbons (Fsp3) is 0.348. The zero-order chi connectivity index (χ0) is 20.6. The number of ether oxygens (including phenoxy) is 1. The molecule has 0 saturated carbocycles. The number of rotatable bonds is 10. The monoisotopic (exact) mass is 393 g/mol. The summed E-state index contributed by atoms with van der Waals surface area (Å²) in [6.45, 7) is 2.07. The van der Waals surface area contributed by atoms with Crippen molar-refractivity contribution in [2.24, 2.45) is 0 Å². The lowest BCUT2D eigenvalue weighted by Crippen LogP contribution is -2.25. The number of aliphatic carboxylic acids is 1. The minimum atomic E-state index is -0.911. The van der Waals surface area contributed by atoms with Gasteiger partial charge in [-0.3, -0.25) is 9.78 Å². The lowest BCUT2D eigenvalue weighted by Gasteiger charge is -2.18. The van der Waals surface area contributed by atoms with E-state index in [2.05, 4.69) is 29.0 Å². The number of carboxylic acids is 1. The minimum absolute atomic E-state index is 0.139. The quantitative estimate of drug-likeness (QED) is 0.485. The average molecular weight is 393 g/mol. The first kappa shape index (κ1) is 20.6. The van der Waals surface area contributed by atoms with Gasteiger partial charge in [-0.25, -0.2) is 4.98 Å². The molecule has 152 valence electrons. The van der Waals surface area contributed by atoms with Gasteiger partial charge in [0.05, 0.1) is 11.7 Å². The van der Waals surface area contributed by atoms with Crippen molar-refractivity contribution in [3.8, 4) is 11.5 Å². The maximum absolute atomic E-state index is 11.1. The third-order valence-electron chi connectivity index (χ3n) is 4.77. The summed E-state index contributed by atoms with van der Waals surface area (Å²) in [5.41, 5.74) is 2.02. The predicted molar refractivity (Wildman–Crippen MR) is 115 cm³/mol. The Morgan fingerprint density at radius 2 is 2.03 bits per heavy atom. The number of hydrogen-bond acceptors (Lipinski definition) is 5. The van der Waals surface area contributed by atoms with E-state index in [1.54, 1.807) is 30.4 Å². The summed E-state index contributed by atoms with van der Waals surface area (Å²) in [7, 11) is 1.71. The highest BCUT2D eigenvalue weighted by Crippen LogP contribution is 2.33. The Morgan fingerprint density at radius 1 is 1.17 bits per heavy atom. The van der Waals surface area contributed by atoms with E-state index in [-0.39, 0.29) is 6.54 Å². The summed E-state index contributed by atoms with van der Waals surface area (Å²) in [4.78, 5) is 21.5. The summed E-state index contributed by atoms with van der Waals surface area (Å²) in [6.07, 6.45) is 9.22. The zero-order valence-corrected chi connectivity index (χ0v) is 17.0. The Hall–Kier alpha value is -3.15. The number of hydrogen-bond donors (Lipinski definition) is 1. The molecule has 6 heteroatoms. The Labute approximate surface area is 171 Å². The van der Waals surface area contributed by atoms with Gasteiger partial charge in [-0.05, 0) is 42.7 Å². The third kappa shape index (κ3) is 5.67. The smallest absolute Gasteiger partial charge is 0.323 e. The molecule has 0 saturated heterocycles. The van der Waals surface area contributed by atoms with Crippen LogP contribution in [0.15, 0.2) is 48.8 Å². The van der Waals surface area contributed by atoms with E-state index in [1.807, 2.05) is 18.2 Å². The molecule has 0 aliphatic rings. The molecule has 0 unspecified atom stereocenters. The largest absolute Gasteiger partial charge is 0.480 e. The second kappa shape index (κ2) is 9.87. The fourth-order valence-corrected chi connectivity index (χ4v) is 3.24. The van der Waals surface area contributed by atoms with Gasteiger partial charge in [0.25, 0.3) is 0 Å². The number of unbranched alkanes of at least 4 members (excludes halogenated alkanes) is 3. The molecule has 0 aliphatic heterocycles. The Balaban J connectivity index is 1.96. The van der Waals surface area contributed by atoms with Crippen LogP contribution < -0.4 is 9.64 Å². The van der Waals surface area contributed by atoms with Gasteiger partial charge in [0.2, 0.25) is 0 Å². The SMILES string of the molecule is CCCCCCc1ccc2nc(N(C)CC(=O)O)cc(Oc3cccnc3)c2c1. The van der Waals surface area contributed by atoms with Crippen molar-refractivity contribution in [2.45, 2.75) is 39.0 Å². The summed E-state index contributed by atoms with van der Waals surface area (Å²) >= 11 is 0. The van der Waals surface area contributed by atoms with Crippen molar-refractivity contribution >= 4 is 22.7 Å². The molecule has 0 spiro atoms. The number of anilines is 1. The molecular weight excluding hydrogens is 366 g/mol. The van der Waals surface area contributed by atoms with Crippen molar-refractivity contribution in [3.05, 3.63) is 54.4 Å². The van der Waals surface area contributed by atoms with E-state index in [0.29, 0.717) is 17.3 Å². The van der Waals surface area contributed by atoms with Crippen molar-refractivity contribution < 1.29 is 14.6 Å². The van der Waals surface area contributed by atoms with E-state index < -0.39 is 5.97 Å². The summed E-state index contributed by atoms with van der Waals surface area (Å²) < 4.78 is 6.11. The first-order chi connectivity index (χ1) is 14.1. The Kier molecular flexibility index (Phi) is 7.00. The third-order valence-corrected chi connectivity index (χ3v) is 4.77. The average Bonchev–Trinajstić information content (AvgIpc) is 2.71. The lowest BCUT2D eigenvalue weighted by molar-refractivity contribution is -0.135. The zero-order valence-electron chi connectivity index (χ0n) is 17.0. The Morgan fingerprint density at radius 3 is 2.76 bits per heavy atom. The van der Waals surface area contributed by atoms with Gasteiger partial charge in [-0.15, -0.1) is 0 Å². The van der Waals surface area contributed by atoms with Crippen molar-refractivity contribution in [1.82, 2.24) is 9.97 Å². The molecule has 3 rings (SSSR count). The second-order valence-corrected chi connectivity index (χ2v) is 7.18. The highest BCUT2D eigenvalue weighted by molar-refractivity contribution is 5.88. The molecule has 0 bridgehead atoms. The predicted octanol–water partition coefficient (Wildman–Crippen LogP) is 5.07. The minimum Gasteiger partial charge on any atom is -0.480 e. The van der Waals surface area contributed by atoms with Crippen LogP contribution >= 0.6 is 0 Å². The van der Waals surface area contributed by atoms with Crippen LogP contribution in [-0.4, -0.2) is 34.6 Å². The van der Waals surface area contributed by atoms with Crippen LogP contribution in [0.3, 0.4) is 0 Å². The maximum atomic E-state index is 11.1. The van der Waals surface area contributed by atoms with Crippen molar-refractivity contribution in [1.29, 1.82) is 0 Å². The van der Waals surface area contributed by atoms with Crippen LogP contribution in [0.5, 0.6) is 11.5 Å². The first-order valence-corrected chi connectivity index (χ1v) is 10.0. The topological polar surface area (TPSA) is 75.6 Å². The number of likely N-dealkylation sites (N-methyl/N-ethyl adjacent to an activating group) is 1. The highest BCUT2D eigenvalue weighted by atomic mass is 16.5. The lowest BCUT2D eigenvalue weighted by atomic mass is 10.0. The van der Waals surface area contributed by atoms with Crippen LogP contribution in [0, 0.1) is 0 Å². The van der Waals surface area contributed by atoms with Crippen molar-refractivity contribution in [2.75, 3.05) is 18.5 Å². The summed E-state index contributed by atoms with van der Waals surface area (Å²) in [6, 6.07) is 11.7. The van der Waals surface area contributed by atoms with Gasteiger partial charge < -0.3 is 14.7 Å². The van der Waals surface area contributed by atoms with Crippen LogP contribution in [0.4, 0.5) is 5.82 Å². The van der Waals surface area contributed by atoms with Crippen LogP contribution in [-0.2, 0) is 11.2 Å². The number of carbonyl (C=O) groups is 1. The van der Waals surface area contributed by atoms with E-state index >= 15 is 0 Å². The van der Waals surface area contributed by atoms with Gasteiger partial charge in [0.15, 0.2) is 0 Å². The van der Waals surface area contributed by atoms with Crippen LogP contribution in [0.25, 0.3) is 10.9 Å². The molecular formula is C23H27N3O3. The molecule has 2 aromatic heterocycles. The van der Waals surface area contributed by atoms with Gasteiger partial charge in [0.1, 0.15) is 23.9 Å². The number of nitrogens with zero attached hydrogens (tertiary/aromatic N) is 3. The molecule has 0 aliphatic carbocycles. The molecule has 29 heavy (non-hydrogen) atoms. The standard InChI is InChI=1S/C23H27N3O3/c1-3-4-5-6-8-17-10-11-20-19(13-17)21(29-18-9-7-12-24-15-18)14-22(25-20)26(2)16-23(27)28/h7,9-15H,3-6,8,16H2,1-2H3,(H,27,28). The summed E-state index contributed by atoms with van der Waals surface area (Å²) in [5, 5.41) is 10.0. The van der Waals surface area contributed by atoms with Crippen molar-refractivity contribution in [3.63, 3.8) is 0 Å². The van der Waals surface area contributed by atoms with Crippen LogP contribution in [0.2, 0.25) is 0 Å². The molecule has 0 fully saturated rings. The number of carboxylic acid groups (broad SMARTS) is 1. The first-order valence-electron chi connectivity index (χ1n) is 10.0. The number of fused-ring (bicyclic) bond motifs is 1. The number of pyridine rings is 2. The number of aryl methyl sites for hydroxylation is 1. The van der Waals surface area contributed by atoms with E-state index in [0.717, 1.165) is 23.7 Å². The fourth-order valence-electron chi connectivity index (χ4n) is 3.24. The second-order valence-electron chi connectivity index (χ2n) is 7.18. The molecule has 1 aromatic carbocycles. The molecule has 1 N–H and O–H groups in total. The van der Waals surface area contributed by atoms with Gasteiger partial charge in [0, 0.05) is 24.7 Å². The molecule has 0 amide bonds. The van der Waals surface area contributed by atoms with Gasteiger partial charge in [-0.1, -0.05) is 32.3 Å².